The first-order valence-electron chi connectivity index (χ1n) is 16.0. The van der Waals surface area contributed by atoms with Crippen LogP contribution in [0.5, 0.6) is 11.5 Å². The van der Waals surface area contributed by atoms with E-state index in [9.17, 15) is 49.5 Å². The Bertz CT molecular complexity index is 2020. The number of aromatic hydroxyl groups is 2. The lowest BCUT2D eigenvalue weighted by Gasteiger charge is -2.52. The highest BCUT2D eigenvalue weighted by Crippen LogP contribution is 2.56. The maximum absolute atomic E-state index is 14.6. The molecule has 0 bridgehead atoms. The van der Waals surface area contributed by atoms with Gasteiger partial charge in [-0.25, -0.2) is 4.79 Å². The number of aryl methyl sites for hydroxylation is 1. The highest BCUT2D eigenvalue weighted by atomic mass is 16.6. The van der Waals surface area contributed by atoms with E-state index in [4.69, 9.17) is 23.8 Å². The monoisotopic (exact) mass is 724 g/mol. The Morgan fingerprint density at radius 3 is 2.31 bits per heavy atom. The number of ether oxygens (including phenoxy) is 4. The van der Waals surface area contributed by atoms with Crippen molar-refractivity contribution in [3.8, 4) is 11.5 Å². The molecule has 0 saturated carbocycles. The predicted molar refractivity (Wildman–Crippen MR) is 175 cm³/mol. The van der Waals surface area contributed by atoms with Crippen molar-refractivity contribution >= 4 is 40.5 Å². The van der Waals surface area contributed by atoms with Gasteiger partial charge in [0, 0.05) is 37.3 Å². The molecule has 2 aromatic carbocycles. The van der Waals surface area contributed by atoms with Gasteiger partial charge in [0.05, 0.1) is 60.8 Å². The Balaban J connectivity index is 1.54. The summed E-state index contributed by atoms with van der Waals surface area (Å²) in [6, 6.07) is 2.17. The van der Waals surface area contributed by atoms with Crippen LogP contribution in [0.3, 0.4) is 0 Å². The minimum atomic E-state index is -3.24. The number of aliphatic hydroxyl groups is 3. The van der Waals surface area contributed by atoms with Crippen molar-refractivity contribution in [1.82, 2.24) is 0 Å². The second kappa shape index (κ2) is 12.9. The first kappa shape index (κ1) is 36.9. The molecule has 6 rings (SSSR count). The van der Waals surface area contributed by atoms with Gasteiger partial charge < -0.3 is 49.3 Å². The van der Waals surface area contributed by atoms with Crippen molar-refractivity contribution in [2.24, 2.45) is 16.1 Å². The molecule has 5 N–H and O–H groups in total. The number of phenols is 2. The zero-order chi connectivity index (χ0) is 38.2. The lowest BCUT2D eigenvalue weighted by molar-refractivity contribution is -0.181. The fourth-order valence-corrected chi connectivity index (χ4v) is 8.03. The van der Waals surface area contributed by atoms with Gasteiger partial charge in [0.25, 0.3) is 0 Å². The van der Waals surface area contributed by atoms with Crippen molar-refractivity contribution in [3.05, 3.63) is 56.6 Å². The third-order valence-electron chi connectivity index (χ3n) is 10.4. The molecule has 17 heteroatoms. The Kier molecular flexibility index (Phi) is 9.18. The number of oxime groups is 1. The lowest BCUT2D eigenvalue weighted by atomic mass is 9.56. The van der Waals surface area contributed by atoms with Crippen molar-refractivity contribution in [3.63, 3.8) is 0 Å². The molecular weight excluding hydrogens is 688 g/mol. The molecule has 2 aromatic rings. The summed E-state index contributed by atoms with van der Waals surface area (Å²) in [4.78, 5) is 78.8. The van der Waals surface area contributed by atoms with Gasteiger partial charge in [-0.1, -0.05) is 11.2 Å². The molecule has 1 heterocycles. The molecule has 1 saturated heterocycles. The predicted octanol–water partition coefficient (Wildman–Crippen LogP) is 0.343. The molecule has 0 radical (unpaired) electrons. The summed E-state index contributed by atoms with van der Waals surface area (Å²) in [6.07, 6.45) is -5.82. The van der Waals surface area contributed by atoms with Gasteiger partial charge in [-0.2, -0.15) is 0 Å². The van der Waals surface area contributed by atoms with Crippen molar-refractivity contribution in [2.45, 2.75) is 62.4 Å². The zero-order valence-electron chi connectivity index (χ0n) is 28.9. The molecule has 17 nitrogen and oxygen atoms in total. The number of methoxy groups -OCH3 is 3. The SMILES string of the molecule is CON=C1[C@@H](CO)[C@@H](N=C2CC(=O)c3c(cc4c(c3O)C(=O)[C@]3(OC)[C@H](O)Cc5cc(C)c(C(=O)OC)c(O)c5[C@]3(O)C4=O)C2=O)O[C@@H](C)[C@@H]1OC. The maximum Gasteiger partial charge on any atom is 0.341 e. The summed E-state index contributed by atoms with van der Waals surface area (Å²) in [6.45, 7) is 2.50. The molecule has 1 fully saturated rings. The van der Waals surface area contributed by atoms with Crippen LogP contribution in [-0.2, 0) is 35.8 Å². The molecule has 0 aromatic heterocycles. The lowest BCUT2D eigenvalue weighted by Crippen LogP contribution is -2.73. The van der Waals surface area contributed by atoms with E-state index in [2.05, 4.69) is 10.1 Å². The molecule has 7 atom stereocenters. The van der Waals surface area contributed by atoms with E-state index >= 15 is 0 Å². The van der Waals surface area contributed by atoms with Crippen LogP contribution < -0.4 is 0 Å². The number of Topliss-reactive ketones (excluding diaryl/α,β-unsaturated/α-hetero) is 4. The van der Waals surface area contributed by atoms with Gasteiger partial charge in [-0.05, 0) is 31.0 Å². The second-order valence-electron chi connectivity index (χ2n) is 12.9. The molecule has 52 heavy (non-hydrogen) atoms. The van der Waals surface area contributed by atoms with Crippen LogP contribution in [0.2, 0.25) is 0 Å². The number of nitrogens with zero attached hydrogens (tertiary/aromatic N) is 2. The molecule has 0 amide bonds. The van der Waals surface area contributed by atoms with Crippen LogP contribution in [0.25, 0.3) is 0 Å². The first-order valence-corrected chi connectivity index (χ1v) is 16.0. The summed E-state index contributed by atoms with van der Waals surface area (Å²) in [7, 11) is 4.64. The van der Waals surface area contributed by atoms with Crippen molar-refractivity contribution in [2.75, 3.05) is 35.0 Å². The Hall–Kier alpha value is -4.91. The third kappa shape index (κ3) is 4.73. The molecule has 276 valence electrons. The van der Waals surface area contributed by atoms with Crippen LogP contribution in [-0.4, -0.2) is 131 Å². The van der Waals surface area contributed by atoms with Crippen LogP contribution in [0, 0.1) is 12.8 Å². The summed E-state index contributed by atoms with van der Waals surface area (Å²) in [5, 5.41) is 61.1. The number of aliphatic hydroxyl groups excluding tert-OH is 2. The number of phenolic OH excluding ortho intramolecular Hbond substituents is 2. The number of rotatable bonds is 6. The molecule has 1 aliphatic heterocycles. The van der Waals surface area contributed by atoms with Gasteiger partial charge in [-0.15, -0.1) is 0 Å². The van der Waals surface area contributed by atoms with E-state index in [1.54, 1.807) is 6.92 Å². The number of esters is 1. The summed E-state index contributed by atoms with van der Waals surface area (Å²) in [5.74, 6) is -8.58. The average molecular weight is 725 g/mol. The Morgan fingerprint density at radius 2 is 1.71 bits per heavy atom. The minimum absolute atomic E-state index is 0.00924. The van der Waals surface area contributed by atoms with Gasteiger partial charge in [0.2, 0.25) is 17.3 Å². The number of carbonyl (C=O) groups is 5. The normalized spacial score (nSPS) is 31.2. The topological polar surface area (TPSA) is 257 Å². The Morgan fingerprint density at radius 1 is 1.02 bits per heavy atom. The molecule has 0 unspecified atom stereocenters. The number of carbonyl (C=O) groups excluding carboxylic acids is 5. The number of ketones is 4. The Labute approximate surface area is 295 Å². The fourth-order valence-electron chi connectivity index (χ4n) is 8.03. The smallest absolute Gasteiger partial charge is 0.341 e. The van der Waals surface area contributed by atoms with Crippen molar-refractivity contribution in [1.29, 1.82) is 0 Å². The van der Waals surface area contributed by atoms with Crippen LogP contribution in [0.15, 0.2) is 22.3 Å². The summed E-state index contributed by atoms with van der Waals surface area (Å²) in [5.41, 5.74) is -9.92. The second-order valence-corrected chi connectivity index (χ2v) is 12.9. The van der Waals surface area contributed by atoms with E-state index in [-0.39, 0.29) is 22.6 Å². The van der Waals surface area contributed by atoms with E-state index in [1.807, 2.05) is 0 Å². The van der Waals surface area contributed by atoms with E-state index in [0.717, 1.165) is 20.3 Å². The number of hydrogen-bond acceptors (Lipinski definition) is 17. The van der Waals surface area contributed by atoms with E-state index < -0.39 is 135 Å². The van der Waals surface area contributed by atoms with Gasteiger partial charge in [-0.3, -0.25) is 24.2 Å². The minimum Gasteiger partial charge on any atom is -0.507 e. The van der Waals surface area contributed by atoms with E-state index in [0.29, 0.717) is 0 Å². The van der Waals surface area contributed by atoms with Crippen LogP contribution in [0.4, 0.5) is 0 Å². The largest absolute Gasteiger partial charge is 0.507 e. The molecule has 3 aliphatic carbocycles. The van der Waals surface area contributed by atoms with Crippen LogP contribution >= 0.6 is 0 Å². The van der Waals surface area contributed by atoms with Crippen LogP contribution in [0.1, 0.15) is 81.8 Å². The number of hydrogen-bond donors (Lipinski definition) is 5. The number of benzene rings is 2. The fraction of sp³-hybridized carbons (Fsp3) is 0.457. The first-order chi connectivity index (χ1) is 24.6. The average Bonchev–Trinajstić information content (AvgIpc) is 3.09. The van der Waals surface area contributed by atoms with Gasteiger partial charge >= 0.3 is 5.97 Å². The quantitative estimate of drug-likeness (QED) is 0.199. The highest BCUT2D eigenvalue weighted by molar-refractivity contribution is 6.53. The number of fused-ring (bicyclic) bond motifs is 5. The highest BCUT2D eigenvalue weighted by Gasteiger charge is 2.72. The summed E-state index contributed by atoms with van der Waals surface area (Å²) < 4.78 is 21.6. The molecule has 4 aliphatic rings. The zero-order valence-corrected chi connectivity index (χ0v) is 28.9. The van der Waals surface area contributed by atoms with Gasteiger partial charge in [0.1, 0.15) is 30.3 Å². The van der Waals surface area contributed by atoms with Crippen molar-refractivity contribution < 1.29 is 73.3 Å². The standard InChI is InChI=1S/C35H36N2O15/c1-12-7-14-8-20(40)35(50-5)31(45)23-16(30(44)34(35,47)24(14)28(43)21(12)33(46)49-4)9-15-22(27(23)42)19(39)10-18(26(15)41)36-32-17(11-38)25(37-51-6)29(48-3)13(2)52-32/h7,9,13,17,20,29,32,38,40,42-43,47H,8,10-11H2,1-6H3/t13-,17+,20+,29-,32-,34-,35+/m0/s1. The van der Waals surface area contributed by atoms with Gasteiger partial charge in [0.15, 0.2) is 23.2 Å². The third-order valence-corrected chi connectivity index (χ3v) is 10.4. The van der Waals surface area contributed by atoms with E-state index in [1.165, 1.54) is 27.2 Å². The molecule has 0 spiro atoms. The summed E-state index contributed by atoms with van der Waals surface area (Å²) >= 11 is 0. The number of aliphatic imine (C=N–C) groups is 1. The maximum atomic E-state index is 14.6. The molecular formula is C35H36N2O15.